The zero-order valence-electron chi connectivity index (χ0n) is 17.1. The van der Waals surface area contributed by atoms with E-state index in [9.17, 15) is 24.3 Å². The van der Waals surface area contributed by atoms with Crippen LogP contribution in [0.1, 0.15) is 38.0 Å². The third-order valence-corrected chi connectivity index (χ3v) is 5.43. The molecular weight excluding hydrogens is 428 g/mol. The number of aromatic carboxylic acids is 1. The molecule has 162 valence electrons. The van der Waals surface area contributed by atoms with E-state index >= 15 is 0 Å². The summed E-state index contributed by atoms with van der Waals surface area (Å²) in [6, 6.07) is 19.6. The molecule has 0 aliphatic carbocycles. The average molecular weight is 449 g/mol. The van der Waals surface area contributed by atoms with Crippen LogP contribution in [-0.4, -0.2) is 34.4 Å². The highest BCUT2D eigenvalue weighted by Crippen LogP contribution is 2.23. The number of carboxylic acid groups (broad SMARTS) is 1. The monoisotopic (exact) mass is 448 g/mol. The lowest BCUT2D eigenvalue weighted by atomic mass is 10.1. The van der Waals surface area contributed by atoms with Crippen molar-refractivity contribution in [3.05, 3.63) is 89.5 Å². The number of carbonyl (C=O) groups is 4. The predicted octanol–water partition coefficient (Wildman–Crippen LogP) is 4.57. The normalized spacial score (nSPS) is 10.3. The quantitative estimate of drug-likeness (QED) is 0.344. The number of hydrogen-bond donors (Lipinski definition) is 3. The van der Waals surface area contributed by atoms with Crippen LogP contribution < -0.4 is 10.6 Å². The second kappa shape index (κ2) is 10.4. The maximum absolute atomic E-state index is 12.5. The van der Waals surface area contributed by atoms with Gasteiger partial charge in [-0.05, 0) is 61.5 Å². The highest BCUT2D eigenvalue weighted by molar-refractivity contribution is 8.00. The number of thioether (sulfide) groups is 1. The van der Waals surface area contributed by atoms with Crippen molar-refractivity contribution in [2.24, 2.45) is 0 Å². The summed E-state index contributed by atoms with van der Waals surface area (Å²) in [5.41, 5.74) is 1.64. The maximum atomic E-state index is 12.5. The van der Waals surface area contributed by atoms with Crippen molar-refractivity contribution < 1.29 is 24.3 Å². The summed E-state index contributed by atoms with van der Waals surface area (Å²) in [6.45, 7) is 1.48. The molecule has 0 spiro atoms. The van der Waals surface area contributed by atoms with Gasteiger partial charge >= 0.3 is 5.97 Å². The molecule has 0 aromatic heterocycles. The summed E-state index contributed by atoms with van der Waals surface area (Å²) in [4.78, 5) is 48.1. The number of ketones is 1. The van der Waals surface area contributed by atoms with Gasteiger partial charge in [0.25, 0.3) is 5.91 Å². The van der Waals surface area contributed by atoms with E-state index in [1.54, 1.807) is 60.7 Å². The maximum Gasteiger partial charge on any atom is 0.336 e. The minimum absolute atomic E-state index is 0.0446. The Hall–Kier alpha value is -3.91. The van der Waals surface area contributed by atoms with E-state index in [0.717, 1.165) is 4.90 Å². The number of rotatable bonds is 8. The van der Waals surface area contributed by atoms with E-state index in [2.05, 4.69) is 10.6 Å². The summed E-state index contributed by atoms with van der Waals surface area (Å²) in [5.74, 6) is -1.82. The van der Waals surface area contributed by atoms with Gasteiger partial charge in [0.1, 0.15) is 0 Å². The number of carboxylic acids is 1. The van der Waals surface area contributed by atoms with E-state index in [0.29, 0.717) is 16.9 Å². The van der Waals surface area contributed by atoms with Gasteiger partial charge in [0, 0.05) is 21.8 Å². The zero-order chi connectivity index (χ0) is 23.1. The highest BCUT2D eigenvalue weighted by atomic mass is 32.2. The summed E-state index contributed by atoms with van der Waals surface area (Å²) >= 11 is 1.29. The fraction of sp³-hybridized carbons (Fsp3) is 0.0833. The summed E-state index contributed by atoms with van der Waals surface area (Å²) in [7, 11) is 0. The number of amides is 2. The summed E-state index contributed by atoms with van der Waals surface area (Å²) < 4.78 is 0. The van der Waals surface area contributed by atoms with Crippen molar-refractivity contribution >= 4 is 46.7 Å². The molecule has 0 aliphatic heterocycles. The van der Waals surface area contributed by atoms with Gasteiger partial charge in [-0.15, -0.1) is 11.8 Å². The molecule has 32 heavy (non-hydrogen) atoms. The molecule has 3 aromatic rings. The third-order valence-electron chi connectivity index (χ3n) is 4.44. The van der Waals surface area contributed by atoms with Gasteiger partial charge in [-0.3, -0.25) is 14.4 Å². The molecule has 0 fully saturated rings. The van der Waals surface area contributed by atoms with Crippen LogP contribution in [0.25, 0.3) is 0 Å². The van der Waals surface area contributed by atoms with E-state index in [1.807, 2.05) is 0 Å². The Balaban J connectivity index is 1.59. The van der Waals surface area contributed by atoms with E-state index in [4.69, 9.17) is 0 Å². The van der Waals surface area contributed by atoms with Gasteiger partial charge < -0.3 is 15.7 Å². The molecule has 0 aliphatic rings. The van der Waals surface area contributed by atoms with E-state index in [-0.39, 0.29) is 28.6 Å². The second-order valence-corrected chi connectivity index (χ2v) is 7.85. The largest absolute Gasteiger partial charge is 0.478 e. The van der Waals surface area contributed by atoms with Gasteiger partial charge in [0.15, 0.2) is 5.78 Å². The molecule has 2 amide bonds. The lowest BCUT2D eigenvalue weighted by Gasteiger charge is -2.09. The Bertz CT molecular complexity index is 1180. The molecule has 0 bridgehead atoms. The molecule has 3 N–H and O–H groups in total. The average Bonchev–Trinajstić information content (AvgIpc) is 2.78. The first-order valence-corrected chi connectivity index (χ1v) is 10.6. The van der Waals surface area contributed by atoms with Crippen molar-refractivity contribution in [2.45, 2.75) is 11.8 Å². The van der Waals surface area contributed by atoms with Crippen molar-refractivity contribution in [2.75, 3.05) is 16.4 Å². The van der Waals surface area contributed by atoms with Gasteiger partial charge in [0.2, 0.25) is 5.91 Å². The predicted molar refractivity (Wildman–Crippen MR) is 124 cm³/mol. The standard InChI is InChI=1S/C24H20N2O5S/c1-15(27)16-9-11-17(12-10-16)25-22(28)14-32-19-6-4-5-18(13-19)26-23(29)20-7-2-3-8-21(20)24(30)31/h2-13H,14H2,1H3,(H,25,28)(H,26,29)(H,30,31). The van der Waals surface area contributed by atoms with Crippen LogP contribution in [0.15, 0.2) is 77.7 Å². The van der Waals surface area contributed by atoms with E-state index in [1.165, 1.54) is 30.8 Å². The van der Waals surface area contributed by atoms with E-state index < -0.39 is 11.9 Å². The number of hydrogen-bond acceptors (Lipinski definition) is 5. The summed E-state index contributed by atoms with van der Waals surface area (Å²) in [5, 5.41) is 14.7. The number of Topliss-reactive ketones (excluding diaryl/α,β-unsaturated/α-hetero) is 1. The van der Waals surface area contributed by atoms with Crippen molar-refractivity contribution in [1.29, 1.82) is 0 Å². The van der Waals surface area contributed by atoms with Crippen LogP contribution in [0, 0.1) is 0 Å². The minimum atomic E-state index is -1.18. The Kier molecular flexibility index (Phi) is 7.41. The number of anilines is 2. The second-order valence-electron chi connectivity index (χ2n) is 6.80. The molecule has 0 radical (unpaired) electrons. The molecule has 8 heteroatoms. The van der Waals surface area contributed by atoms with Crippen LogP contribution >= 0.6 is 11.8 Å². The fourth-order valence-corrected chi connectivity index (χ4v) is 3.62. The first kappa shape index (κ1) is 22.8. The zero-order valence-corrected chi connectivity index (χ0v) is 17.9. The molecule has 0 saturated carbocycles. The lowest BCUT2D eigenvalue weighted by molar-refractivity contribution is -0.113. The first-order chi connectivity index (χ1) is 15.3. The lowest BCUT2D eigenvalue weighted by Crippen LogP contribution is -2.16. The van der Waals surface area contributed by atoms with Crippen LogP contribution in [0.4, 0.5) is 11.4 Å². The van der Waals surface area contributed by atoms with Crippen LogP contribution in [0.2, 0.25) is 0 Å². The molecule has 0 atom stereocenters. The fourth-order valence-electron chi connectivity index (χ4n) is 2.86. The summed E-state index contributed by atoms with van der Waals surface area (Å²) in [6.07, 6.45) is 0. The Morgan fingerprint density at radius 2 is 1.50 bits per heavy atom. The first-order valence-electron chi connectivity index (χ1n) is 9.61. The van der Waals surface area contributed by atoms with Crippen LogP contribution in [-0.2, 0) is 4.79 Å². The molecule has 3 rings (SSSR count). The Morgan fingerprint density at radius 1 is 0.812 bits per heavy atom. The Labute approximate surface area is 188 Å². The molecule has 0 unspecified atom stereocenters. The molecule has 0 heterocycles. The SMILES string of the molecule is CC(=O)c1ccc(NC(=O)CSc2cccc(NC(=O)c3ccccc3C(=O)O)c2)cc1. The molecule has 7 nitrogen and oxygen atoms in total. The van der Waals surface area contributed by atoms with Gasteiger partial charge in [0.05, 0.1) is 16.9 Å². The van der Waals surface area contributed by atoms with Crippen molar-refractivity contribution in [3.8, 4) is 0 Å². The molecule has 3 aromatic carbocycles. The number of nitrogens with one attached hydrogen (secondary N) is 2. The van der Waals surface area contributed by atoms with Crippen molar-refractivity contribution in [1.82, 2.24) is 0 Å². The number of carbonyl (C=O) groups excluding carboxylic acids is 3. The highest BCUT2D eigenvalue weighted by Gasteiger charge is 2.16. The minimum Gasteiger partial charge on any atom is -0.478 e. The van der Waals surface area contributed by atoms with Crippen LogP contribution in [0.3, 0.4) is 0 Å². The number of benzene rings is 3. The smallest absolute Gasteiger partial charge is 0.336 e. The van der Waals surface area contributed by atoms with Gasteiger partial charge in [-0.2, -0.15) is 0 Å². The molecular formula is C24H20N2O5S. The topological polar surface area (TPSA) is 113 Å². The van der Waals surface area contributed by atoms with Crippen LogP contribution in [0.5, 0.6) is 0 Å². The van der Waals surface area contributed by atoms with Gasteiger partial charge in [-0.1, -0.05) is 18.2 Å². The van der Waals surface area contributed by atoms with Gasteiger partial charge in [-0.25, -0.2) is 4.79 Å². The Morgan fingerprint density at radius 3 is 2.16 bits per heavy atom. The van der Waals surface area contributed by atoms with Crippen molar-refractivity contribution in [3.63, 3.8) is 0 Å². The third kappa shape index (κ3) is 6.05. The molecule has 0 saturated heterocycles.